The molecule has 2 heterocycles. The van der Waals surface area contributed by atoms with Crippen LogP contribution in [0, 0.1) is 12.8 Å². The van der Waals surface area contributed by atoms with E-state index in [-0.39, 0.29) is 11.9 Å². The van der Waals surface area contributed by atoms with Gasteiger partial charge in [0.15, 0.2) is 0 Å². The highest BCUT2D eigenvalue weighted by Gasteiger charge is 2.31. The molecule has 3 rings (SSSR count). The van der Waals surface area contributed by atoms with Gasteiger partial charge in [0.05, 0.1) is 0 Å². The normalized spacial score (nSPS) is 21.4. The second kappa shape index (κ2) is 6.81. The third kappa shape index (κ3) is 3.31. The molecule has 0 saturated carbocycles. The lowest BCUT2D eigenvalue weighted by Gasteiger charge is -2.39. The largest absolute Gasteiger partial charge is 0.334 e. The van der Waals surface area contributed by atoms with Crippen LogP contribution in [0.4, 0.5) is 0 Å². The van der Waals surface area contributed by atoms with E-state index in [4.69, 9.17) is 5.73 Å². The fourth-order valence-corrected chi connectivity index (χ4v) is 4.09. The maximum Gasteiger partial charge on any atom is 0.254 e. The molecule has 0 spiro atoms. The summed E-state index contributed by atoms with van der Waals surface area (Å²) in [7, 11) is 0. The summed E-state index contributed by atoms with van der Waals surface area (Å²) in [5.41, 5.74) is 8.66. The summed E-state index contributed by atoms with van der Waals surface area (Å²) in [5, 5.41) is 2.99. The third-order valence-electron chi connectivity index (χ3n) is 4.59. The van der Waals surface area contributed by atoms with Gasteiger partial charge in [0.2, 0.25) is 0 Å². The standard InChI is InChI=1S/C18H23N3OS/c1-12-5-4-8-21(16(12)10-19)18(22)15-7-3-6-14(9-15)17-20-13(2)11-23-17/h3,6-7,9,11-12,16H,4-5,8,10,19H2,1-2H3/t12-,16+/m0/s1. The van der Waals surface area contributed by atoms with Crippen LogP contribution in [0.3, 0.4) is 0 Å². The van der Waals surface area contributed by atoms with Crippen molar-refractivity contribution in [1.29, 1.82) is 0 Å². The first kappa shape index (κ1) is 16.1. The lowest BCUT2D eigenvalue weighted by molar-refractivity contribution is 0.0532. The number of hydrogen-bond acceptors (Lipinski definition) is 4. The van der Waals surface area contributed by atoms with Crippen LogP contribution in [-0.2, 0) is 0 Å². The summed E-state index contributed by atoms with van der Waals surface area (Å²) < 4.78 is 0. The molecular formula is C18H23N3OS. The van der Waals surface area contributed by atoms with Crippen molar-refractivity contribution in [2.75, 3.05) is 13.1 Å². The molecular weight excluding hydrogens is 306 g/mol. The number of piperidine rings is 1. The van der Waals surface area contributed by atoms with E-state index in [9.17, 15) is 4.79 Å². The minimum Gasteiger partial charge on any atom is -0.334 e. The van der Waals surface area contributed by atoms with Crippen molar-refractivity contribution in [1.82, 2.24) is 9.88 Å². The first-order chi connectivity index (χ1) is 11.1. The van der Waals surface area contributed by atoms with E-state index >= 15 is 0 Å². The number of rotatable bonds is 3. The first-order valence-electron chi connectivity index (χ1n) is 8.13. The average Bonchev–Trinajstić information content (AvgIpc) is 3.00. The van der Waals surface area contributed by atoms with E-state index in [1.165, 1.54) is 0 Å². The number of nitrogens with two attached hydrogens (primary N) is 1. The smallest absolute Gasteiger partial charge is 0.254 e. The summed E-state index contributed by atoms with van der Waals surface area (Å²) in [6, 6.07) is 7.92. The van der Waals surface area contributed by atoms with E-state index in [1.807, 2.05) is 41.5 Å². The Balaban J connectivity index is 1.87. The van der Waals surface area contributed by atoms with Crippen LogP contribution in [0.5, 0.6) is 0 Å². The van der Waals surface area contributed by atoms with Crippen molar-refractivity contribution in [2.45, 2.75) is 32.7 Å². The Bertz CT molecular complexity index is 697. The van der Waals surface area contributed by atoms with Crippen molar-refractivity contribution >= 4 is 17.2 Å². The zero-order chi connectivity index (χ0) is 16.4. The van der Waals surface area contributed by atoms with Crippen molar-refractivity contribution in [3.63, 3.8) is 0 Å². The molecule has 1 aromatic carbocycles. The molecule has 2 atom stereocenters. The number of benzene rings is 1. The zero-order valence-electron chi connectivity index (χ0n) is 13.7. The molecule has 0 bridgehead atoms. The van der Waals surface area contributed by atoms with Gasteiger partial charge in [-0.05, 0) is 37.8 Å². The van der Waals surface area contributed by atoms with Crippen LogP contribution in [0.25, 0.3) is 10.6 Å². The zero-order valence-corrected chi connectivity index (χ0v) is 14.5. The van der Waals surface area contributed by atoms with Crippen LogP contribution < -0.4 is 5.73 Å². The quantitative estimate of drug-likeness (QED) is 0.940. The van der Waals surface area contributed by atoms with Crippen LogP contribution in [0.15, 0.2) is 29.6 Å². The molecule has 2 aromatic rings. The Morgan fingerprint density at radius 2 is 2.30 bits per heavy atom. The molecule has 5 heteroatoms. The van der Waals surface area contributed by atoms with E-state index in [1.54, 1.807) is 11.3 Å². The number of amides is 1. The lowest BCUT2D eigenvalue weighted by Crippen LogP contribution is -2.51. The Morgan fingerprint density at radius 1 is 1.48 bits per heavy atom. The van der Waals surface area contributed by atoms with Crippen LogP contribution in [0.1, 0.15) is 35.8 Å². The Morgan fingerprint density at radius 3 is 3.00 bits per heavy atom. The van der Waals surface area contributed by atoms with Gasteiger partial charge in [0.1, 0.15) is 5.01 Å². The predicted molar refractivity (Wildman–Crippen MR) is 94.6 cm³/mol. The SMILES string of the molecule is Cc1csc(-c2cccc(C(=O)N3CCC[C@H](C)[C@H]3CN)c2)n1. The predicted octanol–water partition coefficient (Wildman–Crippen LogP) is 3.32. The second-order valence-corrected chi connectivity index (χ2v) is 7.15. The minimum absolute atomic E-state index is 0.0853. The highest BCUT2D eigenvalue weighted by molar-refractivity contribution is 7.13. The van der Waals surface area contributed by atoms with Crippen LogP contribution in [-0.4, -0.2) is 34.9 Å². The second-order valence-electron chi connectivity index (χ2n) is 6.30. The summed E-state index contributed by atoms with van der Waals surface area (Å²) in [4.78, 5) is 19.4. The third-order valence-corrected chi connectivity index (χ3v) is 5.60. The number of aromatic nitrogens is 1. The Kier molecular flexibility index (Phi) is 4.78. The van der Waals surface area contributed by atoms with Gasteiger partial charge in [-0.3, -0.25) is 4.79 Å². The number of thiazole rings is 1. The van der Waals surface area contributed by atoms with E-state index < -0.39 is 0 Å². The fourth-order valence-electron chi connectivity index (χ4n) is 3.30. The Labute approximate surface area is 141 Å². The average molecular weight is 329 g/mol. The number of carbonyl (C=O) groups is 1. The molecule has 0 aliphatic carbocycles. The molecule has 0 unspecified atom stereocenters. The van der Waals surface area contributed by atoms with E-state index in [0.717, 1.165) is 41.2 Å². The summed E-state index contributed by atoms with van der Waals surface area (Å²) in [6.45, 7) is 5.49. The maximum atomic E-state index is 13.0. The van der Waals surface area contributed by atoms with Gasteiger partial charge in [-0.15, -0.1) is 11.3 Å². The number of likely N-dealkylation sites (tertiary alicyclic amines) is 1. The molecule has 4 nitrogen and oxygen atoms in total. The van der Waals surface area contributed by atoms with Crippen LogP contribution >= 0.6 is 11.3 Å². The van der Waals surface area contributed by atoms with Gasteiger partial charge in [-0.1, -0.05) is 19.1 Å². The fraction of sp³-hybridized carbons (Fsp3) is 0.444. The van der Waals surface area contributed by atoms with Gasteiger partial charge in [0, 0.05) is 41.3 Å². The van der Waals surface area contributed by atoms with Crippen molar-refractivity contribution < 1.29 is 4.79 Å². The van der Waals surface area contributed by atoms with Gasteiger partial charge in [-0.25, -0.2) is 4.98 Å². The summed E-state index contributed by atoms with van der Waals surface area (Å²) >= 11 is 1.61. The molecule has 23 heavy (non-hydrogen) atoms. The molecule has 1 aliphatic rings. The topological polar surface area (TPSA) is 59.2 Å². The van der Waals surface area contributed by atoms with E-state index in [0.29, 0.717) is 12.5 Å². The monoisotopic (exact) mass is 329 g/mol. The lowest BCUT2D eigenvalue weighted by atomic mass is 9.90. The number of nitrogens with zero attached hydrogens (tertiary/aromatic N) is 2. The number of aryl methyl sites for hydroxylation is 1. The van der Waals surface area contributed by atoms with Gasteiger partial charge < -0.3 is 10.6 Å². The van der Waals surface area contributed by atoms with Gasteiger partial charge >= 0.3 is 0 Å². The minimum atomic E-state index is 0.0853. The molecule has 2 N–H and O–H groups in total. The molecule has 0 radical (unpaired) electrons. The first-order valence-corrected chi connectivity index (χ1v) is 9.01. The highest BCUT2D eigenvalue weighted by atomic mass is 32.1. The Hall–Kier alpha value is -1.72. The molecule has 1 amide bonds. The molecule has 1 fully saturated rings. The summed E-state index contributed by atoms with van der Waals surface area (Å²) in [5.74, 6) is 0.546. The molecule has 1 aliphatic heterocycles. The number of hydrogen-bond donors (Lipinski definition) is 1. The van der Waals surface area contributed by atoms with Crippen molar-refractivity contribution in [3.05, 3.63) is 40.9 Å². The van der Waals surface area contributed by atoms with Crippen LogP contribution in [0.2, 0.25) is 0 Å². The number of carbonyl (C=O) groups excluding carboxylic acids is 1. The molecule has 1 aromatic heterocycles. The molecule has 122 valence electrons. The van der Waals surface area contributed by atoms with Crippen molar-refractivity contribution in [3.8, 4) is 10.6 Å². The molecule has 1 saturated heterocycles. The van der Waals surface area contributed by atoms with E-state index in [2.05, 4.69) is 11.9 Å². The van der Waals surface area contributed by atoms with Crippen molar-refractivity contribution in [2.24, 2.45) is 11.7 Å². The summed E-state index contributed by atoms with van der Waals surface area (Å²) in [6.07, 6.45) is 2.19. The van der Waals surface area contributed by atoms with Gasteiger partial charge in [-0.2, -0.15) is 0 Å². The maximum absolute atomic E-state index is 13.0. The highest BCUT2D eigenvalue weighted by Crippen LogP contribution is 2.27. The van der Waals surface area contributed by atoms with Gasteiger partial charge in [0.25, 0.3) is 5.91 Å².